The molecule has 3 aliphatic heterocycles. The number of nitrogens with zero attached hydrogens (tertiary/aromatic N) is 1. The average molecular weight is 323 g/mol. The fourth-order valence-corrected chi connectivity index (χ4v) is 4.57. The minimum Gasteiger partial charge on any atom is -0.497 e. The third-order valence-electron chi connectivity index (χ3n) is 5.96. The molecule has 2 aromatic carbocycles. The van der Waals surface area contributed by atoms with E-state index in [1.165, 1.54) is 6.42 Å². The highest BCUT2D eigenvalue weighted by atomic mass is 16.5. The van der Waals surface area contributed by atoms with Crippen molar-refractivity contribution in [3.8, 4) is 5.75 Å². The maximum atomic E-state index is 11.2. The number of methoxy groups -OCH3 is 1. The first kappa shape index (κ1) is 15.7. The number of piperidine rings is 3. The maximum absolute atomic E-state index is 11.2. The summed E-state index contributed by atoms with van der Waals surface area (Å²) in [7, 11) is 1.68. The lowest BCUT2D eigenvalue weighted by molar-refractivity contribution is -0.0444. The molecule has 5 rings (SSSR count). The molecule has 3 heterocycles. The van der Waals surface area contributed by atoms with Crippen molar-refractivity contribution in [1.29, 1.82) is 0 Å². The Morgan fingerprint density at radius 2 is 2.21 bits per heavy atom. The van der Waals surface area contributed by atoms with Crippen molar-refractivity contribution in [2.24, 2.45) is 11.8 Å². The first-order valence-corrected chi connectivity index (χ1v) is 8.82. The zero-order valence-electron chi connectivity index (χ0n) is 14.2. The van der Waals surface area contributed by atoms with Gasteiger partial charge in [0.15, 0.2) is 0 Å². The maximum Gasteiger partial charge on any atom is 0.119 e. The monoisotopic (exact) mass is 323 g/mol. The van der Waals surface area contributed by atoms with Crippen molar-refractivity contribution in [1.82, 2.24) is 4.90 Å². The zero-order valence-corrected chi connectivity index (χ0v) is 14.2. The summed E-state index contributed by atoms with van der Waals surface area (Å²) in [5.41, 5.74) is 1.01. The Hall–Kier alpha value is -1.84. The minimum absolute atomic E-state index is 0.205. The van der Waals surface area contributed by atoms with Crippen molar-refractivity contribution >= 4 is 10.8 Å². The third kappa shape index (κ3) is 2.52. The van der Waals surface area contributed by atoms with E-state index in [2.05, 4.69) is 35.8 Å². The minimum atomic E-state index is -0.464. The lowest BCUT2D eigenvalue weighted by Crippen LogP contribution is -2.54. The lowest BCUT2D eigenvalue weighted by atomic mass is 9.73. The first-order valence-electron chi connectivity index (χ1n) is 8.82. The van der Waals surface area contributed by atoms with Crippen molar-refractivity contribution in [3.05, 3.63) is 54.6 Å². The van der Waals surface area contributed by atoms with Crippen LogP contribution >= 0.6 is 0 Å². The number of benzene rings is 2. The first-order chi connectivity index (χ1) is 11.7. The molecule has 3 fully saturated rings. The molecule has 3 saturated heterocycles. The van der Waals surface area contributed by atoms with Crippen LogP contribution in [0.5, 0.6) is 5.75 Å². The second kappa shape index (κ2) is 6.23. The normalized spacial score (nSPS) is 30.2. The van der Waals surface area contributed by atoms with Crippen molar-refractivity contribution in [2.75, 3.05) is 20.2 Å². The van der Waals surface area contributed by atoms with Gasteiger partial charge in [0.2, 0.25) is 0 Å². The van der Waals surface area contributed by atoms with E-state index < -0.39 is 6.10 Å². The Kier molecular flexibility index (Phi) is 4.07. The van der Waals surface area contributed by atoms with E-state index in [9.17, 15) is 5.11 Å². The van der Waals surface area contributed by atoms with Crippen LogP contribution in [-0.2, 0) is 0 Å². The predicted octanol–water partition coefficient (Wildman–Crippen LogP) is 3.78. The largest absolute Gasteiger partial charge is 0.497 e. The van der Waals surface area contributed by atoms with E-state index in [0.29, 0.717) is 11.8 Å². The summed E-state index contributed by atoms with van der Waals surface area (Å²) in [5.74, 6) is 2.07. The van der Waals surface area contributed by atoms with Gasteiger partial charge in [-0.05, 0) is 59.7 Å². The van der Waals surface area contributed by atoms with Crippen LogP contribution in [0.3, 0.4) is 0 Å². The molecule has 3 aliphatic rings. The molecule has 0 saturated carbocycles. The fraction of sp³-hybridized carbons (Fsp3) is 0.429. The molecule has 2 aromatic rings. The molecule has 0 aliphatic carbocycles. The number of fused-ring (bicyclic) bond motifs is 4. The van der Waals surface area contributed by atoms with Crippen LogP contribution in [0.1, 0.15) is 24.5 Å². The summed E-state index contributed by atoms with van der Waals surface area (Å²) in [4.78, 5) is 2.45. The highest BCUT2D eigenvalue weighted by Gasteiger charge is 2.42. The number of rotatable bonds is 4. The van der Waals surface area contributed by atoms with Crippen LogP contribution in [0.15, 0.2) is 49.1 Å². The summed E-state index contributed by atoms with van der Waals surface area (Å²) in [6, 6.07) is 12.5. The Labute approximate surface area is 143 Å². The van der Waals surface area contributed by atoms with Gasteiger partial charge in [-0.25, -0.2) is 0 Å². The standard InChI is InChI=1S/C21H25NO2/c1-3-14-13-22-10-9-16(14)11-20(22)21(23)18-6-4-5-15-7-8-17(24-2)12-19(15)18/h3-8,12,14,16,20-21,23H,1,9-11,13H2,2H3/t14-,16?,20+,21?/m0/s1. The lowest BCUT2D eigenvalue weighted by Gasteiger charge is -2.50. The molecule has 1 N–H and O–H groups in total. The van der Waals surface area contributed by atoms with Gasteiger partial charge in [0.1, 0.15) is 5.75 Å². The number of hydrogen-bond donors (Lipinski definition) is 1. The molecule has 24 heavy (non-hydrogen) atoms. The smallest absolute Gasteiger partial charge is 0.119 e. The molecular formula is C21H25NO2. The number of hydrogen-bond acceptors (Lipinski definition) is 3. The van der Waals surface area contributed by atoms with Crippen molar-refractivity contribution < 1.29 is 9.84 Å². The van der Waals surface area contributed by atoms with Gasteiger partial charge >= 0.3 is 0 Å². The fourth-order valence-electron chi connectivity index (χ4n) is 4.57. The van der Waals surface area contributed by atoms with E-state index in [1.54, 1.807) is 7.11 Å². The Morgan fingerprint density at radius 1 is 1.33 bits per heavy atom. The molecule has 2 bridgehead atoms. The highest BCUT2D eigenvalue weighted by Crippen LogP contribution is 2.42. The van der Waals surface area contributed by atoms with E-state index in [0.717, 1.165) is 41.6 Å². The topological polar surface area (TPSA) is 32.7 Å². The summed E-state index contributed by atoms with van der Waals surface area (Å²) in [6.07, 6.45) is 3.92. The number of aliphatic hydroxyl groups excluding tert-OH is 1. The number of aliphatic hydroxyl groups is 1. The van der Waals surface area contributed by atoms with Crippen LogP contribution in [-0.4, -0.2) is 36.2 Å². The molecule has 126 valence electrons. The van der Waals surface area contributed by atoms with Crippen LogP contribution in [0.4, 0.5) is 0 Å². The SMILES string of the molecule is C=C[C@H]1CN2CCC1C[C@@H]2C(O)c1cccc2ccc(OC)cc12. The van der Waals surface area contributed by atoms with Gasteiger partial charge in [0.05, 0.1) is 13.2 Å². The van der Waals surface area contributed by atoms with Crippen LogP contribution < -0.4 is 4.74 Å². The van der Waals surface area contributed by atoms with Gasteiger partial charge in [0, 0.05) is 12.6 Å². The number of ether oxygens (including phenoxy) is 1. The molecule has 0 radical (unpaired) electrons. The van der Waals surface area contributed by atoms with E-state index in [4.69, 9.17) is 4.74 Å². The van der Waals surface area contributed by atoms with Gasteiger partial charge < -0.3 is 9.84 Å². The highest BCUT2D eigenvalue weighted by molar-refractivity contribution is 5.87. The zero-order chi connectivity index (χ0) is 16.7. The Morgan fingerprint density at radius 3 is 2.92 bits per heavy atom. The molecule has 3 unspecified atom stereocenters. The Balaban J connectivity index is 1.69. The molecule has 5 atom stereocenters. The average Bonchev–Trinajstić information content (AvgIpc) is 2.66. The van der Waals surface area contributed by atoms with E-state index >= 15 is 0 Å². The van der Waals surface area contributed by atoms with Crippen LogP contribution in [0.2, 0.25) is 0 Å². The summed E-state index contributed by atoms with van der Waals surface area (Å²) < 4.78 is 5.38. The van der Waals surface area contributed by atoms with E-state index in [1.807, 2.05) is 18.2 Å². The summed E-state index contributed by atoms with van der Waals surface area (Å²) in [5, 5.41) is 13.4. The summed E-state index contributed by atoms with van der Waals surface area (Å²) in [6.45, 7) is 6.11. The van der Waals surface area contributed by atoms with Gasteiger partial charge in [-0.2, -0.15) is 0 Å². The van der Waals surface area contributed by atoms with Gasteiger partial charge in [0.25, 0.3) is 0 Å². The molecule has 3 heteroatoms. The van der Waals surface area contributed by atoms with Crippen molar-refractivity contribution in [2.45, 2.75) is 25.0 Å². The third-order valence-corrected chi connectivity index (χ3v) is 5.96. The molecular weight excluding hydrogens is 298 g/mol. The predicted molar refractivity (Wildman–Crippen MR) is 97.2 cm³/mol. The Bertz CT molecular complexity index is 757. The molecule has 3 nitrogen and oxygen atoms in total. The quantitative estimate of drug-likeness (QED) is 0.869. The summed E-state index contributed by atoms with van der Waals surface area (Å²) >= 11 is 0. The van der Waals surface area contributed by atoms with Crippen LogP contribution in [0, 0.1) is 11.8 Å². The van der Waals surface area contributed by atoms with Crippen molar-refractivity contribution in [3.63, 3.8) is 0 Å². The second-order valence-electron chi connectivity index (χ2n) is 7.13. The van der Waals surface area contributed by atoms with Gasteiger partial charge in [-0.15, -0.1) is 6.58 Å². The van der Waals surface area contributed by atoms with E-state index in [-0.39, 0.29) is 6.04 Å². The molecule has 0 aromatic heterocycles. The van der Waals surface area contributed by atoms with Gasteiger partial charge in [-0.1, -0.05) is 30.3 Å². The second-order valence-corrected chi connectivity index (χ2v) is 7.13. The van der Waals surface area contributed by atoms with Crippen LogP contribution in [0.25, 0.3) is 10.8 Å². The van der Waals surface area contributed by atoms with Gasteiger partial charge in [-0.3, -0.25) is 4.90 Å². The molecule has 0 amide bonds. The molecule has 0 spiro atoms.